The van der Waals surface area contributed by atoms with Crippen molar-refractivity contribution in [2.24, 2.45) is 5.73 Å². The van der Waals surface area contributed by atoms with Crippen LogP contribution in [0.15, 0.2) is 23.6 Å². The van der Waals surface area contributed by atoms with Crippen LogP contribution in [0, 0.1) is 0 Å². The largest absolute Gasteiger partial charge is 0.486 e. The van der Waals surface area contributed by atoms with E-state index in [0.717, 1.165) is 22.8 Å². The zero-order valence-corrected chi connectivity index (χ0v) is 14.9. The maximum atomic E-state index is 11.8. The molecule has 0 bridgehead atoms. The minimum absolute atomic E-state index is 0. The normalized spacial score (nSPS) is 13.8. The maximum absolute atomic E-state index is 11.8. The Balaban J connectivity index is 0.00000208. The fourth-order valence-electron chi connectivity index (χ4n) is 2.21. The number of ether oxygens (including phenoxy) is 2. The second-order valence-electron chi connectivity index (χ2n) is 5.46. The predicted octanol–water partition coefficient (Wildman–Crippen LogP) is 3.07. The highest BCUT2D eigenvalue weighted by molar-refractivity contribution is 7.14. The number of hydrogen-bond acceptors (Lipinski definition) is 6. The minimum Gasteiger partial charge on any atom is -0.486 e. The Labute approximate surface area is 150 Å². The molecule has 1 atom stereocenters. The van der Waals surface area contributed by atoms with E-state index in [-0.39, 0.29) is 24.4 Å². The molecule has 1 aromatic carbocycles. The molecule has 1 amide bonds. The number of thiazole rings is 1. The lowest BCUT2D eigenvalue weighted by molar-refractivity contribution is -0.116. The van der Waals surface area contributed by atoms with Crippen molar-refractivity contribution in [1.82, 2.24) is 4.98 Å². The van der Waals surface area contributed by atoms with Crippen molar-refractivity contribution in [3.05, 3.63) is 23.6 Å². The molecule has 2 heterocycles. The van der Waals surface area contributed by atoms with E-state index in [4.69, 9.17) is 15.2 Å². The van der Waals surface area contributed by atoms with Crippen LogP contribution in [0.25, 0.3) is 11.3 Å². The van der Waals surface area contributed by atoms with Crippen LogP contribution in [0.1, 0.15) is 19.8 Å². The first-order valence-electron chi connectivity index (χ1n) is 7.53. The Morgan fingerprint density at radius 1 is 1.38 bits per heavy atom. The fraction of sp³-hybridized carbons (Fsp3) is 0.375. The van der Waals surface area contributed by atoms with Crippen molar-refractivity contribution in [3.8, 4) is 22.8 Å². The SMILES string of the molecule is CC(N)CCC(=O)Nc1nc(-c2ccc3c(c2)OCCO3)cs1.Cl. The van der Waals surface area contributed by atoms with Crippen LogP contribution in [-0.4, -0.2) is 30.1 Å². The molecular formula is C16H20ClN3O3S. The van der Waals surface area contributed by atoms with Crippen LogP contribution in [0.2, 0.25) is 0 Å². The number of amides is 1. The van der Waals surface area contributed by atoms with Crippen LogP contribution >= 0.6 is 23.7 Å². The molecular weight excluding hydrogens is 350 g/mol. The van der Waals surface area contributed by atoms with E-state index < -0.39 is 0 Å². The number of carbonyl (C=O) groups excluding carboxylic acids is 1. The second-order valence-corrected chi connectivity index (χ2v) is 6.32. The predicted molar refractivity (Wildman–Crippen MR) is 97.3 cm³/mol. The summed E-state index contributed by atoms with van der Waals surface area (Å²) in [4.78, 5) is 16.3. The number of nitrogens with one attached hydrogen (secondary N) is 1. The Kier molecular flexibility index (Phi) is 6.42. The van der Waals surface area contributed by atoms with Gasteiger partial charge in [-0.1, -0.05) is 0 Å². The number of rotatable bonds is 5. The number of hydrogen-bond donors (Lipinski definition) is 2. The third-order valence-corrected chi connectivity index (χ3v) is 4.17. The van der Waals surface area contributed by atoms with Crippen LogP contribution in [0.3, 0.4) is 0 Å². The van der Waals surface area contributed by atoms with Gasteiger partial charge in [-0.15, -0.1) is 23.7 Å². The van der Waals surface area contributed by atoms with E-state index in [0.29, 0.717) is 31.2 Å². The summed E-state index contributed by atoms with van der Waals surface area (Å²) in [5, 5.41) is 5.30. The molecule has 2 aromatic rings. The number of anilines is 1. The van der Waals surface area contributed by atoms with Crippen LogP contribution < -0.4 is 20.5 Å². The Morgan fingerprint density at radius 2 is 2.12 bits per heavy atom. The van der Waals surface area contributed by atoms with Gasteiger partial charge in [0, 0.05) is 23.4 Å². The number of aromatic nitrogens is 1. The molecule has 6 nitrogen and oxygen atoms in total. The molecule has 0 saturated heterocycles. The summed E-state index contributed by atoms with van der Waals surface area (Å²) in [5.74, 6) is 1.41. The highest BCUT2D eigenvalue weighted by Gasteiger charge is 2.14. The lowest BCUT2D eigenvalue weighted by Gasteiger charge is -2.18. The number of fused-ring (bicyclic) bond motifs is 1. The van der Waals surface area contributed by atoms with Crippen molar-refractivity contribution in [1.29, 1.82) is 0 Å². The minimum atomic E-state index is -0.0645. The van der Waals surface area contributed by atoms with E-state index in [9.17, 15) is 4.79 Å². The summed E-state index contributed by atoms with van der Waals surface area (Å²) < 4.78 is 11.1. The lowest BCUT2D eigenvalue weighted by Crippen LogP contribution is -2.19. The van der Waals surface area contributed by atoms with E-state index in [1.807, 2.05) is 30.5 Å². The van der Waals surface area contributed by atoms with Crippen molar-refractivity contribution in [2.75, 3.05) is 18.5 Å². The zero-order valence-electron chi connectivity index (χ0n) is 13.3. The first-order valence-corrected chi connectivity index (χ1v) is 8.41. The van der Waals surface area contributed by atoms with Gasteiger partial charge in [-0.05, 0) is 31.5 Å². The molecule has 0 fully saturated rings. The molecule has 1 unspecified atom stereocenters. The van der Waals surface area contributed by atoms with Gasteiger partial charge in [-0.3, -0.25) is 4.79 Å². The van der Waals surface area contributed by atoms with Crippen LogP contribution in [-0.2, 0) is 4.79 Å². The van der Waals surface area contributed by atoms with Crippen molar-refractivity contribution in [2.45, 2.75) is 25.8 Å². The van der Waals surface area contributed by atoms with E-state index >= 15 is 0 Å². The molecule has 0 spiro atoms. The molecule has 130 valence electrons. The average Bonchev–Trinajstić information content (AvgIpc) is 3.01. The number of benzene rings is 1. The summed E-state index contributed by atoms with van der Waals surface area (Å²) in [6, 6.07) is 5.74. The zero-order chi connectivity index (χ0) is 16.2. The quantitative estimate of drug-likeness (QED) is 0.845. The van der Waals surface area contributed by atoms with Crippen molar-refractivity contribution < 1.29 is 14.3 Å². The molecule has 1 aliphatic rings. The van der Waals surface area contributed by atoms with E-state index in [1.165, 1.54) is 11.3 Å². The van der Waals surface area contributed by atoms with Crippen molar-refractivity contribution in [3.63, 3.8) is 0 Å². The van der Waals surface area contributed by atoms with Gasteiger partial charge in [0.1, 0.15) is 13.2 Å². The molecule has 1 aromatic heterocycles. The van der Waals surface area contributed by atoms with Crippen LogP contribution in [0.5, 0.6) is 11.5 Å². The first kappa shape index (κ1) is 18.5. The third kappa shape index (κ3) is 4.59. The Hall–Kier alpha value is -1.83. The summed E-state index contributed by atoms with van der Waals surface area (Å²) in [6.07, 6.45) is 1.06. The highest BCUT2D eigenvalue weighted by Crippen LogP contribution is 2.35. The average molecular weight is 370 g/mol. The topological polar surface area (TPSA) is 86.5 Å². The Bertz CT molecular complexity index is 706. The summed E-state index contributed by atoms with van der Waals surface area (Å²) in [5.41, 5.74) is 7.39. The molecule has 0 saturated carbocycles. The molecule has 0 radical (unpaired) electrons. The van der Waals surface area contributed by atoms with Gasteiger partial charge in [0.25, 0.3) is 0 Å². The smallest absolute Gasteiger partial charge is 0.226 e. The number of nitrogens with zero attached hydrogens (tertiary/aromatic N) is 1. The van der Waals surface area contributed by atoms with Gasteiger partial charge in [0.05, 0.1) is 5.69 Å². The van der Waals surface area contributed by atoms with E-state index in [1.54, 1.807) is 0 Å². The highest BCUT2D eigenvalue weighted by atomic mass is 35.5. The van der Waals surface area contributed by atoms with E-state index in [2.05, 4.69) is 10.3 Å². The third-order valence-electron chi connectivity index (χ3n) is 3.42. The van der Waals surface area contributed by atoms with Gasteiger partial charge in [0.2, 0.25) is 5.91 Å². The fourth-order valence-corrected chi connectivity index (χ4v) is 2.94. The second kappa shape index (κ2) is 8.32. The van der Waals surface area contributed by atoms with Gasteiger partial charge < -0.3 is 20.5 Å². The van der Waals surface area contributed by atoms with Gasteiger partial charge in [0.15, 0.2) is 16.6 Å². The van der Waals surface area contributed by atoms with Crippen LogP contribution in [0.4, 0.5) is 5.13 Å². The monoisotopic (exact) mass is 369 g/mol. The maximum Gasteiger partial charge on any atom is 0.226 e. The Morgan fingerprint density at radius 3 is 2.88 bits per heavy atom. The molecule has 0 aliphatic carbocycles. The molecule has 8 heteroatoms. The standard InChI is InChI=1S/C16H19N3O3S.ClH/c1-10(17)2-5-15(20)19-16-18-12(9-23-16)11-3-4-13-14(8-11)22-7-6-21-13;/h3-4,8-10H,2,5-7,17H2,1H3,(H,18,19,20);1H. The van der Waals surface area contributed by atoms with Gasteiger partial charge >= 0.3 is 0 Å². The first-order chi connectivity index (χ1) is 11.1. The molecule has 3 N–H and O–H groups in total. The van der Waals surface area contributed by atoms with Crippen molar-refractivity contribution >= 4 is 34.8 Å². The number of carbonyl (C=O) groups is 1. The van der Waals surface area contributed by atoms with Gasteiger partial charge in [-0.25, -0.2) is 4.98 Å². The lowest BCUT2D eigenvalue weighted by atomic mass is 10.1. The molecule has 1 aliphatic heterocycles. The number of nitrogens with two attached hydrogens (primary N) is 1. The molecule has 3 rings (SSSR count). The van der Waals surface area contributed by atoms with Gasteiger partial charge in [-0.2, -0.15) is 0 Å². The summed E-state index contributed by atoms with van der Waals surface area (Å²) >= 11 is 1.40. The summed E-state index contributed by atoms with van der Waals surface area (Å²) in [7, 11) is 0. The molecule has 24 heavy (non-hydrogen) atoms. The summed E-state index contributed by atoms with van der Waals surface area (Å²) in [6.45, 7) is 3.01. The number of halogens is 1.